The van der Waals surface area contributed by atoms with E-state index in [2.05, 4.69) is 53.1 Å². The summed E-state index contributed by atoms with van der Waals surface area (Å²) in [5, 5.41) is 12.4. The Morgan fingerprint density at radius 1 is 1.15 bits per heavy atom. The van der Waals surface area contributed by atoms with Crippen LogP contribution in [0.1, 0.15) is 44.5 Å². The van der Waals surface area contributed by atoms with E-state index in [-0.39, 0.29) is 0 Å². The molecule has 0 aromatic carbocycles. The van der Waals surface area contributed by atoms with Crippen LogP contribution in [0.25, 0.3) is 0 Å². The minimum atomic E-state index is 0.723. The Labute approximate surface area is 121 Å². The van der Waals surface area contributed by atoms with Gasteiger partial charge in [0.1, 0.15) is 5.82 Å². The number of hydrogen-bond acceptors (Lipinski definition) is 3. The molecular formula is C15H25N5. The van der Waals surface area contributed by atoms with Crippen LogP contribution in [0.3, 0.4) is 0 Å². The van der Waals surface area contributed by atoms with E-state index in [0.717, 1.165) is 37.6 Å². The van der Waals surface area contributed by atoms with Gasteiger partial charge in [-0.2, -0.15) is 10.2 Å². The van der Waals surface area contributed by atoms with Crippen molar-refractivity contribution >= 4 is 5.82 Å². The Balaban J connectivity index is 1.89. The summed E-state index contributed by atoms with van der Waals surface area (Å²) in [6.45, 7) is 9.15. The van der Waals surface area contributed by atoms with Crippen molar-refractivity contribution in [2.75, 3.05) is 5.32 Å². The highest BCUT2D eigenvalue weighted by Gasteiger charge is 2.04. The predicted molar refractivity (Wildman–Crippen MR) is 81.7 cm³/mol. The van der Waals surface area contributed by atoms with Crippen LogP contribution in [0, 0.1) is 6.92 Å². The minimum absolute atomic E-state index is 0.723. The average Bonchev–Trinajstić information content (AvgIpc) is 3.01. The van der Waals surface area contributed by atoms with E-state index in [9.17, 15) is 0 Å². The summed E-state index contributed by atoms with van der Waals surface area (Å²) in [7, 11) is 0. The van der Waals surface area contributed by atoms with E-state index < -0.39 is 0 Å². The zero-order chi connectivity index (χ0) is 14.4. The highest BCUT2D eigenvalue weighted by molar-refractivity contribution is 5.36. The molecule has 2 rings (SSSR count). The number of nitrogens with zero attached hydrogens (tertiary/aromatic N) is 4. The van der Waals surface area contributed by atoms with Crippen LogP contribution in [0.5, 0.6) is 0 Å². The largest absolute Gasteiger partial charge is 0.363 e. The third-order valence-electron chi connectivity index (χ3n) is 3.30. The maximum absolute atomic E-state index is 4.58. The van der Waals surface area contributed by atoms with Gasteiger partial charge < -0.3 is 5.32 Å². The molecule has 0 aliphatic rings. The number of aromatic nitrogens is 4. The third kappa shape index (κ3) is 3.85. The Hall–Kier alpha value is -1.78. The van der Waals surface area contributed by atoms with E-state index in [4.69, 9.17) is 0 Å². The Morgan fingerprint density at radius 3 is 2.75 bits per heavy atom. The Morgan fingerprint density at radius 2 is 2.00 bits per heavy atom. The normalized spacial score (nSPS) is 10.9. The molecule has 0 saturated carbocycles. The Bertz CT molecular complexity index is 526. The van der Waals surface area contributed by atoms with E-state index in [0.29, 0.717) is 0 Å². The van der Waals surface area contributed by atoms with Gasteiger partial charge in [0, 0.05) is 31.0 Å². The van der Waals surface area contributed by atoms with Gasteiger partial charge in [0.05, 0.1) is 12.2 Å². The van der Waals surface area contributed by atoms with Gasteiger partial charge in [-0.15, -0.1) is 0 Å². The van der Waals surface area contributed by atoms with Crippen LogP contribution in [-0.4, -0.2) is 19.6 Å². The lowest BCUT2D eigenvalue weighted by Crippen LogP contribution is -2.05. The zero-order valence-corrected chi connectivity index (χ0v) is 12.8. The summed E-state index contributed by atoms with van der Waals surface area (Å²) in [5.74, 6) is 0.934. The molecule has 5 heteroatoms. The van der Waals surface area contributed by atoms with Gasteiger partial charge in [0.25, 0.3) is 0 Å². The number of rotatable bonds is 8. The molecule has 0 radical (unpaired) electrons. The molecule has 2 heterocycles. The molecule has 1 N–H and O–H groups in total. The molecule has 0 bridgehead atoms. The summed E-state index contributed by atoms with van der Waals surface area (Å²) in [5.41, 5.74) is 2.26. The maximum atomic E-state index is 4.58. The van der Waals surface area contributed by atoms with Gasteiger partial charge in [-0.05, 0) is 25.8 Å². The van der Waals surface area contributed by atoms with Crippen LogP contribution < -0.4 is 5.32 Å². The quantitative estimate of drug-likeness (QED) is 0.804. The van der Waals surface area contributed by atoms with Crippen LogP contribution in [0.4, 0.5) is 5.82 Å². The van der Waals surface area contributed by atoms with Crippen molar-refractivity contribution in [3.63, 3.8) is 0 Å². The lowest BCUT2D eigenvalue weighted by molar-refractivity contribution is 0.560. The number of hydrogen-bond donors (Lipinski definition) is 1. The van der Waals surface area contributed by atoms with E-state index in [1.807, 2.05) is 10.9 Å². The highest BCUT2D eigenvalue weighted by atomic mass is 15.3. The second-order valence-corrected chi connectivity index (χ2v) is 5.17. The summed E-state index contributed by atoms with van der Waals surface area (Å²) in [6.07, 6.45) is 5.50. The first-order valence-corrected chi connectivity index (χ1v) is 7.53. The molecule has 0 aliphatic carbocycles. The molecule has 5 nitrogen and oxygen atoms in total. The van der Waals surface area contributed by atoms with E-state index >= 15 is 0 Å². The summed E-state index contributed by atoms with van der Waals surface area (Å²) in [6, 6.07) is 4.16. The van der Waals surface area contributed by atoms with Crippen LogP contribution in [0.2, 0.25) is 0 Å². The fourth-order valence-corrected chi connectivity index (χ4v) is 2.16. The predicted octanol–water partition coefficient (Wildman–Crippen LogP) is 3.21. The van der Waals surface area contributed by atoms with Crippen molar-refractivity contribution in [1.82, 2.24) is 19.6 Å². The molecule has 0 unspecified atom stereocenters. The standard InChI is InChI=1S/C15H25N5/c1-4-6-9-20-13(3)11-15(18-20)16-12-14-7-10-19(17-14)8-5-2/h7,10-11H,4-6,8-9,12H2,1-3H3,(H,16,18). The Kier molecular flexibility index (Phi) is 5.21. The molecule has 2 aromatic rings. The van der Waals surface area contributed by atoms with E-state index in [1.165, 1.54) is 18.5 Å². The molecule has 0 spiro atoms. The summed E-state index contributed by atoms with van der Waals surface area (Å²) < 4.78 is 4.06. The number of aryl methyl sites for hydroxylation is 3. The fourth-order valence-electron chi connectivity index (χ4n) is 2.16. The molecule has 2 aromatic heterocycles. The highest BCUT2D eigenvalue weighted by Crippen LogP contribution is 2.11. The summed E-state index contributed by atoms with van der Waals surface area (Å²) in [4.78, 5) is 0. The number of nitrogens with one attached hydrogen (secondary N) is 1. The molecule has 0 atom stereocenters. The molecule has 0 fully saturated rings. The van der Waals surface area contributed by atoms with Crippen molar-refractivity contribution < 1.29 is 0 Å². The lowest BCUT2D eigenvalue weighted by atomic mass is 10.3. The maximum Gasteiger partial charge on any atom is 0.148 e. The van der Waals surface area contributed by atoms with E-state index in [1.54, 1.807) is 0 Å². The molecule has 0 saturated heterocycles. The molecule has 0 amide bonds. The van der Waals surface area contributed by atoms with Crippen molar-refractivity contribution in [2.45, 2.75) is 59.7 Å². The lowest BCUT2D eigenvalue weighted by Gasteiger charge is -2.02. The monoisotopic (exact) mass is 275 g/mol. The van der Waals surface area contributed by atoms with Crippen LogP contribution in [-0.2, 0) is 19.6 Å². The van der Waals surface area contributed by atoms with Crippen molar-refractivity contribution in [3.05, 3.63) is 29.7 Å². The topological polar surface area (TPSA) is 47.7 Å². The van der Waals surface area contributed by atoms with Crippen LogP contribution in [0.15, 0.2) is 18.3 Å². The van der Waals surface area contributed by atoms with Gasteiger partial charge in [-0.3, -0.25) is 9.36 Å². The second kappa shape index (κ2) is 7.12. The van der Waals surface area contributed by atoms with Gasteiger partial charge >= 0.3 is 0 Å². The first kappa shape index (κ1) is 14.6. The first-order chi connectivity index (χ1) is 9.72. The van der Waals surface area contributed by atoms with Crippen molar-refractivity contribution in [1.29, 1.82) is 0 Å². The summed E-state index contributed by atoms with van der Waals surface area (Å²) >= 11 is 0. The molecule has 0 aliphatic heterocycles. The fraction of sp³-hybridized carbons (Fsp3) is 0.600. The molecular weight excluding hydrogens is 250 g/mol. The van der Waals surface area contributed by atoms with Crippen LogP contribution >= 0.6 is 0 Å². The van der Waals surface area contributed by atoms with Crippen molar-refractivity contribution in [2.24, 2.45) is 0 Å². The molecule has 20 heavy (non-hydrogen) atoms. The smallest absolute Gasteiger partial charge is 0.148 e. The second-order valence-electron chi connectivity index (χ2n) is 5.17. The SMILES string of the molecule is CCCCn1nc(NCc2ccn(CCC)n2)cc1C. The van der Waals surface area contributed by atoms with Gasteiger partial charge in [-0.25, -0.2) is 0 Å². The zero-order valence-electron chi connectivity index (χ0n) is 12.8. The van der Waals surface area contributed by atoms with Gasteiger partial charge in [0.2, 0.25) is 0 Å². The number of anilines is 1. The first-order valence-electron chi connectivity index (χ1n) is 7.53. The number of unbranched alkanes of at least 4 members (excludes halogenated alkanes) is 1. The third-order valence-corrected chi connectivity index (χ3v) is 3.30. The van der Waals surface area contributed by atoms with Gasteiger partial charge in [-0.1, -0.05) is 20.3 Å². The minimum Gasteiger partial charge on any atom is -0.363 e. The molecule has 110 valence electrons. The van der Waals surface area contributed by atoms with Crippen molar-refractivity contribution in [3.8, 4) is 0 Å². The average molecular weight is 275 g/mol. The van der Waals surface area contributed by atoms with Gasteiger partial charge in [0.15, 0.2) is 0 Å².